The molecule has 0 spiro atoms. The summed E-state index contributed by atoms with van der Waals surface area (Å²) in [5.74, 6) is 0. The van der Waals surface area contributed by atoms with E-state index >= 15 is 0 Å². The van der Waals surface area contributed by atoms with Gasteiger partial charge in [-0.2, -0.15) is 0 Å². The van der Waals surface area contributed by atoms with E-state index in [-0.39, 0.29) is 6.04 Å². The molecule has 0 radical (unpaired) electrons. The van der Waals surface area contributed by atoms with Crippen LogP contribution in [0.4, 0.5) is 0 Å². The molecule has 1 fully saturated rings. The van der Waals surface area contributed by atoms with E-state index in [0.717, 1.165) is 18.1 Å². The number of nitrogens with two attached hydrogens (primary N) is 1. The molecule has 0 aliphatic heterocycles. The Balaban J connectivity index is 1.99. The first kappa shape index (κ1) is 14.4. The van der Waals surface area contributed by atoms with E-state index in [4.69, 9.17) is 5.73 Å². The Kier molecular flexibility index (Phi) is 5.58. The van der Waals surface area contributed by atoms with Gasteiger partial charge >= 0.3 is 0 Å². The maximum atomic E-state index is 6.02. The molecule has 0 aromatic heterocycles. The lowest BCUT2D eigenvalue weighted by molar-refractivity contribution is 0.645. The highest BCUT2D eigenvalue weighted by molar-refractivity contribution is 9.10. The van der Waals surface area contributed by atoms with Crippen LogP contribution in [0.25, 0.3) is 0 Å². The zero-order valence-electron chi connectivity index (χ0n) is 11.0. The summed E-state index contributed by atoms with van der Waals surface area (Å²) in [5.41, 5.74) is 7.35. The number of thioether (sulfide) groups is 1. The van der Waals surface area contributed by atoms with Crippen molar-refractivity contribution < 1.29 is 0 Å². The first-order chi connectivity index (χ1) is 8.69. The summed E-state index contributed by atoms with van der Waals surface area (Å²) in [6.45, 7) is 2.14. The molecule has 1 aromatic carbocycles. The molecule has 100 valence electrons. The number of rotatable bonds is 5. The third-order valence-electron chi connectivity index (χ3n) is 3.64. The summed E-state index contributed by atoms with van der Waals surface area (Å²) in [5, 5.41) is 0.834. The Hall–Kier alpha value is 0.01000. The smallest absolute Gasteiger partial charge is 0.0219 e. The van der Waals surface area contributed by atoms with Crippen LogP contribution in [-0.4, -0.2) is 11.3 Å². The van der Waals surface area contributed by atoms with Crippen molar-refractivity contribution in [2.75, 3.05) is 0 Å². The van der Waals surface area contributed by atoms with Crippen molar-refractivity contribution >= 4 is 27.7 Å². The number of hydrogen-bond donors (Lipinski definition) is 1. The Bertz CT molecular complexity index is 388. The van der Waals surface area contributed by atoms with Gasteiger partial charge in [0, 0.05) is 20.7 Å². The Labute approximate surface area is 123 Å². The number of hydrogen-bond acceptors (Lipinski definition) is 2. The molecule has 1 aliphatic carbocycles. The van der Waals surface area contributed by atoms with Gasteiger partial charge in [-0.25, -0.2) is 0 Å². The van der Waals surface area contributed by atoms with E-state index in [2.05, 4.69) is 41.1 Å². The molecule has 0 saturated heterocycles. The molecule has 0 amide bonds. The van der Waals surface area contributed by atoms with Gasteiger partial charge in [0.1, 0.15) is 0 Å². The van der Waals surface area contributed by atoms with E-state index in [1.54, 1.807) is 0 Å². The van der Waals surface area contributed by atoms with Crippen LogP contribution < -0.4 is 5.73 Å². The van der Waals surface area contributed by atoms with Crippen LogP contribution in [0.3, 0.4) is 0 Å². The summed E-state index contributed by atoms with van der Waals surface area (Å²) in [6.07, 6.45) is 7.57. The maximum Gasteiger partial charge on any atom is 0.0219 e. The number of halogens is 1. The van der Waals surface area contributed by atoms with E-state index in [9.17, 15) is 0 Å². The van der Waals surface area contributed by atoms with Crippen LogP contribution in [0, 0.1) is 0 Å². The van der Waals surface area contributed by atoms with Crippen molar-refractivity contribution in [3.63, 3.8) is 0 Å². The van der Waals surface area contributed by atoms with Gasteiger partial charge in [0.15, 0.2) is 0 Å². The highest BCUT2D eigenvalue weighted by Gasteiger charge is 2.16. The highest BCUT2D eigenvalue weighted by atomic mass is 79.9. The molecule has 0 bridgehead atoms. The summed E-state index contributed by atoms with van der Waals surface area (Å²) >= 11 is 5.72. The second-order valence-corrected chi connectivity index (χ2v) is 7.38. The van der Waals surface area contributed by atoms with Crippen molar-refractivity contribution in [3.05, 3.63) is 28.2 Å². The fourth-order valence-electron chi connectivity index (χ4n) is 2.39. The van der Waals surface area contributed by atoms with Gasteiger partial charge in [0.25, 0.3) is 0 Å². The third kappa shape index (κ3) is 4.01. The molecule has 1 saturated carbocycles. The second-order valence-electron chi connectivity index (χ2n) is 5.15. The standard InChI is InChI=1S/C15H22BrNS/c1-2-12(17)9-11-7-8-14(10-15(11)16)18-13-5-3-4-6-13/h7-8,10,12-13H,2-6,9,17H2,1H3. The minimum Gasteiger partial charge on any atom is -0.327 e. The Morgan fingerprint density at radius 1 is 1.39 bits per heavy atom. The Morgan fingerprint density at radius 2 is 2.11 bits per heavy atom. The van der Waals surface area contributed by atoms with Crippen LogP contribution in [0.5, 0.6) is 0 Å². The molecule has 1 aliphatic rings. The van der Waals surface area contributed by atoms with Gasteiger partial charge in [-0.1, -0.05) is 41.8 Å². The normalized spacial score (nSPS) is 18.2. The van der Waals surface area contributed by atoms with Crippen molar-refractivity contribution in [2.24, 2.45) is 5.73 Å². The molecule has 1 aromatic rings. The second kappa shape index (κ2) is 6.97. The average molecular weight is 328 g/mol. The van der Waals surface area contributed by atoms with Gasteiger partial charge in [-0.15, -0.1) is 11.8 Å². The molecular weight excluding hydrogens is 306 g/mol. The monoisotopic (exact) mass is 327 g/mol. The van der Waals surface area contributed by atoms with Crippen molar-refractivity contribution in [1.82, 2.24) is 0 Å². The maximum absolute atomic E-state index is 6.02. The fraction of sp³-hybridized carbons (Fsp3) is 0.600. The van der Waals surface area contributed by atoms with Crippen LogP contribution in [0.15, 0.2) is 27.6 Å². The minimum atomic E-state index is 0.273. The first-order valence-corrected chi connectivity index (χ1v) is 8.57. The van der Waals surface area contributed by atoms with Gasteiger partial charge in [0.05, 0.1) is 0 Å². The molecular formula is C15H22BrNS. The zero-order chi connectivity index (χ0) is 13.0. The van der Waals surface area contributed by atoms with Crippen molar-refractivity contribution in [3.8, 4) is 0 Å². The van der Waals surface area contributed by atoms with Gasteiger partial charge < -0.3 is 5.73 Å². The third-order valence-corrected chi connectivity index (χ3v) is 5.71. The van der Waals surface area contributed by atoms with E-state index in [1.807, 2.05) is 11.8 Å². The molecule has 0 heterocycles. The van der Waals surface area contributed by atoms with E-state index in [0.29, 0.717) is 0 Å². The van der Waals surface area contributed by atoms with Crippen LogP contribution in [0.2, 0.25) is 0 Å². The topological polar surface area (TPSA) is 26.0 Å². The molecule has 1 nitrogen and oxygen atoms in total. The SMILES string of the molecule is CCC(N)Cc1ccc(SC2CCCC2)cc1Br. The highest BCUT2D eigenvalue weighted by Crippen LogP contribution is 2.36. The molecule has 18 heavy (non-hydrogen) atoms. The Morgan fingerprint density at radius 3 is 2.72 bits per heavy atom. The first-order valence-electron chi connectivity index (χ1n) is 6.89. The minimum absolute atomic E-state index is 0.273. The number of benzene rings is 1. The predicted molar refractivity (Wildman–Crippen MR) is 84.2 cm³/mol. The molecule has 1 unspecified atom stereocenters. The average Bonchev–Trinajstić information content (AvgIpc) is 2.85. The molecule has 3 heteroatoms. The fourth-order valence-corrected chi connectivity index (χ4v) is 4.37. The lowest BCUT2D eigenvalue weighted by atomic mass is 10.1. The summed E-state index contributed by atoms with van der Waals surface area (Å²) in [7, 11) is 0. The van der Waals surface area contributed by atoms with Crippen LogP contribution in [0.1, 0.15) is 44.6 Å². The summed E-state index contributed by atoms with van der Waals surface area (Å²) < 4.78 is 1.22. The molecule has 2 N–H and O–H groups in total. The summed E-state index contributed by atoms with van der Waals surface area (Å²) in [6, 6.07) is 7.03. The summed E-state index contributed by atoms with van der Waals surface area (Å²) in [4.78, 5) is 1.39. The van der Waals surface area contributed by atoms with Gasteiger partial charge in [-0.05, 0) is 43.4 Å². The molecule has 1 atom stereocenters. The van der Waals surface area contributed by atoms with Gasteiger partial charge in [0.2, 0.25) is 0 Å². The molecule has 2 rings (SSSR count). The van der Waals surface area contributed by atoms with Crippen LogP contribution in [-0.2, 0) is 6.42 Å². The predicted octanol–water partition coefficient (Wildman–Crippen LogP) is 4.76. The van der Waals surface area contributed by atoms with E-state index in [1.165, 1.54) is 40.6 Å². The lowest BCUT2D eigenvalue weighted by Gasteiger charge is -2.13. The zero-order valence-corrected chi connectivity index (χ0v) is 13.4. The lowest BCUT2D eigenvalue weighted by Crippen LogP contribution is -2.21. The largest absolute Gasteiger partial charge is 0.327 e. The van der Waals surface area contributed by atoms with Gasteiger partial charge in [-0.3, -0.25) is 0 Å². The van der Waals surface area contributed by atoms with Crippen LogP contribution >= 0.6 is 27.7 Å². The quantitative estimate of drug-likeness (QED) is 0.843. The van der Waals surface area contributed by atoms with Crippen molar-refractivity contribution in [2.45, 2.75) is 61.6 Å². The van der Waals surface area contributed by atoms with E-state index < -0.39 is 0 Å². The van der Waals surface area contributed by atoms with Crippen molar-refractivity contribution in [1.29, 1.82) is 0 Å².